The number of urea groups is 1. The van der Waals surface area contributed by atoms with Gasteiger partial charge in [0.25, 0.3) is 0 Å². The van der Waals surface area contributed by atoms with Gasteiger partial charge in [-0.3, -0.25) is 33.6 Å². The van der Waals surface area contributed by atoms with Gasteiger partial charge in [-0.25, -0.2) is 4.79 Å². The van der Waals surface area contributed by atoms with E-state index in [2.05, 4.69) is 31.9 Å². The van der Waals surface area contributed by atoms with Gasteiger partial charge >= 0.3 is 6.03 Å². The Hall–Kier alpha value is -4.13. The summed E-state index contributed by atoms with van der Waals surface area (Å²) in [6.07, 6.45) is 3.89. The lowest BCUT2D eigenvalue weighted by atomic mass is 9.96. The lowest BCUT2D eigenvalue weighted by molar-refractivity contribution is -0.142. The van der Waals surface area contributed by atoms with Gasteiger partial charge in [-0.1, -0.05) is 61.8 Å². The van der Waals surface area contributed by atoms with Gasteiger partial charge in [0.05, 0.1) is 19.1 Å². The van der Waals surface area contributed by atoms with Crippen molar-refractivity contribution in [1.29, 1.82) is 0 Å². The van der Waals surface area contributed by atoms with Crippen LogP contribution in [-0.4, -0.2) is 139 Å². The second-order valence-corrected chi connectivity index (χ2v) is 16.8. The molecule has 19 heteroatoms. The van der Waals surface area contributed by atoms with Crippen molar-refractivity contribution in [2.45, 2.75) is 118 Å². The van der Waals surface area contributed by atoms with Crippen LogP contribution in [0.3, 0.4) is 0 Å². The third-order valence-electron chi connectivity index (χ3n) is 9.73. The number of amides is 9. The van der Waals surface area contributed by atoms with E-state index in [9.17, 15) is 38.4 Å². The number of nitrogens with zero attached hydrogens (tertiary/aromatic N) is 2. The predicted octanol–water partition coefficient (Wildman–Crippen LogP) is -0.354. The van der Waals surface area contributed by atoms with Crippen LogP contribution < -0.4 is 43.4 Å². The highest BCUT2D eigenvalue weighted by atomic mass is 32.2. The van der Waals surface area contributed by atoms with E-state index in [1.165, 1.54) is 21.6 Å². The first-order valence-electron chi connectivity index (χ1n) is 20.1. The summed E-state index contributed by atoms with van der Waals surface area (Å²) >= 11 is 1.53. The zero-order chi connectivity index (χ0) is 43.4. The molecule has 0 bridgehead atoms. The topological polar surface area (TPSA) is 267 Å². The highest BCUT2D eigenvalue weighted by Crippen LogP contribution is 2.14. The van der Waals surface area contributed by atoms with Crippen LogP contribution in [0.2, 0.25) is 0 Å². The highest BCUT2D eigenvalue weighted by molar-refractivity contribution is 7.98. The Balaban J connectivity index is 3.42. The Morgan fingerprint density at radius 1 is 0.877 bits per heavy atom. The van der Waals surface area contributed by atoms with E-state index in [1.807, 2.05) is 27.0 Å². The summed E-state index contributed by atoms with van der Waals surface area (Å²) in [4.78, 5) is 109. The van der Waals surface area contributed by atoms with Gasteiger partial charge in [-0.2, -0.15) is 11.8 Å². The van der Waals surface area contributed by atoms with Gasteiger partial charge in [-0.15, -0.1) is 0 Å². The summed E-state index contributed by atoms with van der Waals surface area (Å²) in [6, 6.07) is -5.53. The smallest absolute Gasteiger partial charge is 0.314 e. The fraction of sp³-hybridized carbons (Fsp3) is 0.789. The van der Waals surface area contributed by atoms with Crippen LogP contribution in [0.15, 0.2) is 0 Å². The Bertz CT molecular complexity index is 1370. The molecule has 0 aliphatic carbocycles. The Labute approximate surface area is 342 Å². The number of thioether (sulfide) groups is 1. The second kappa shape index (κ2) is 26.0. The number of nitrogens with two attached hydrogens (primary N) is 2. The first kappa shape index (κ1) is 50.9. The number of hydrogen-bond donors (Lipinski definition) is 8. The monoisotopic (exact) mass is 827 g/mol. The number of carbonyl (C=O) groups is 8. The van der Waals surface area contributed by atoms with Gasteiger partial charge < -0.3 is 53.2 Å². The molecule has 1 aliphatic heterocycles. The molecule has 1 rings (SSSR count). The molecule has 1 fully saturated rings. The van der Waals surface area contributed by atoms with E-state index in [4.69, 9.17) is 11.5 Å². The second-order valence-electron chi connectivity index (χ2n) is 15.8. The van der Waals surface area contributed by atoms with Crippen LogP contribution in [0.1, 0.15) is 87.5 Å². The molecular weight excluding hydrogens is 757 g/mol. The number of carbonyl (C=O) groups excluding carboxylic acids is 8. The van der Waals surface area contributed by atoms with Gasteiger partial charge in [0, 0.05) is 26.2 Å². The summed E-state index contributed by atoms with van der Waals surface area (Å²) in [6.45, 7) is 13.8. The van der Waals surface area contributed by atoms with Crippen molar-refractivity contribution in [2.24, 2.45) is 35.1 Å². The Morgan fingerprint density at radius 2 is 1.51 bits per heavy atom. The zero-order valence-electron chi connectivity index (χ0n) is 35.4. The minimum absolute atomic E-state index is 0.00461. The van der Waals surface area contributed by atoms with Crippen molar-refractivity contribution in [2.75, 3.05) is 51.3 Å². The van der Waals surface area contributed by atoms with Crippen LogP contribution >= 0.6 is 11.8 Å². The molecule has 1 aliphatic rings. The molecule has 6 atom stereocenters. The maximum Gasteiger partial charge on any atom is 0.314 e. The molecule has 0 aromatic carbocycles. The summed E-state index contributed by atoms with van der Waals surface area (Å²) in [5.41, 5.74) is 11.7. The molecular formula is C38H70N10O8S. The average molecular weight is 827 g/mol. The van der Waals surface area contributed by atoms with Gasteiger partial charge in [0.15, 0.2) is 0 Å². The highest BCUT2D eigenvalue weighted by Gasteiger charge is 2.35. The molecule has 326 valence electrons. The average Bonchev–Trinajstić information content (AvgIpc) is 3.13. The number of primary amides is 1. The fourth-order valence-corrected chi connectivity index (χ4v) is 6.58. The van der Waals surface area contributed by atoms with Crippen molar-refractivity contribution in [1.82, 2.24) is 41.7 Å². The number of nitrogens with one attached hydrogen (secondary N) is 6. The number of rotatable bonds is 16. The molecule has 18 nitrogen and oxygen atoms in total. The van der Waals surface area contributed by atoms with E-state index in [0.717, 1.165) is 0 Å². The van der Waals surface area contributed by atoms with Crippen LogP contribution in [0.4, 0.5) is 4.79 Å². The number of hydrogen-bond acceptors (Lipinski definition) is 10. The molecule has 0 aromatic heterocycles. The van der Waals surface area contributed by atoms with E-state index >= 15 is 0 Å². The maximum atomic E-state index is 14.3. The zero-order valence-corrected chi connectivity index (χ0v) is 36.2. The molecule has 0 spiro atoms. The van der Waals surface area contributed by atoms with E-state index in [1.54, 1.807) is 34.6 Å². The summed E-state index contributed by atoms with van der Waals surface area (Å²) < 4.78 is 0. The van der Waals surface area contributed by atoms with Gasteiger partial charge in [-0.05, 0) is 61.4 Å². The van der Waals surface area contributed by atoms with Gasteiger partial charge in [0.1, 0.15) is 24.2 Å². The van der Waals surface area contributed by atoms with Crippen molar-refractivity contribution < 1.29 is 38.4 Å². The van der Waals surface area contributed by atoms with E-state index < -0.39 is 103 Å². The van der Waals surface area contributed by atoms with Crippen molar-refractivity contribution in [3.8, 4) is 0 Å². The molecule has 10 N–H and O–H groups in total. The third kappa shape index (κ3) is 18.3. The van der Waals surface area contributed by atoms with Crippen molar-refractivity contribution in [3.63, 3.8) is 0 Å². The summed E-state index contributed by atoms with van der Waals surface area (Å²) in [5.74, 6) is -4.70. The normalized spacial score (nSPS) is 20.5. The standard InChI is InChI=1S/C38H70N10O8S/c1-10-25(8)32(35(53)43-27(33(40)51)19-22(2)3)45-29(50)20-47-16-12-11-14-41-38(56)42-15-17-48(36(54)26(39)13-18-57-9)21-28(49)44-30(23(4)5)34(52)46-31(24(6)7)37(47)55/h22-27,30-32H,10-21,39H2,1-9H3,(H2,40,51)(H,43,53)(H,44,49)(H,45,50)(H,46,52)(H2,41,42,56)/t25-,26-,27-,30-,31-,32-/m0/s1. The van der Waals surface area contributed by atoms with E-state index in [0.29, 0.717) is 37.9 Å². The molecule has 1 heterocycles. The summed E-state index contributed by atoms with van der Waals surface area (Å²) in [7, 11) is 0. The molecule has 0 unspecified atom stereocenters. The first-order valence-corrected chi connectivity index (χ1v) is 21.5. The van der Waals surface area contributed by atoms with Crippen LogP contribution in [-0.2, 0) is 33.6 Å². The Morgan fingerprint density at radius 3 is 2.07 bits per heavy atom. The van der Waals surface area contributed by atoms with E-state index in [-0.39, 0.29) is 38.0 Å². The minimum atomic E-state index is -1.11. The molecule has 0 radical (unpaired) electrons. The first-order chi connectivity index (χ1) is 26.7. The molecule has 0 saturated carbocycles. The third-order valence-corrected chi connectivity index (χ3v) is 10.4. The predicted molar refractivity (Wildman–Crippen MR) is 220 cm³/mol. The van der Waals surface area contributed by atoms with Crippen molar-refractivity contribution in [3.05, 3.63) is 0 Å². The summed E-state index contributed by atoms with van der Waals surface area (Å²) in [5, 5.41) is 16.3. The SMILES string of the molecule is CC[C@H](C)[C@H](NC(=O)CN1CCCCNC(=O)NCCN(C(=O)[C@@H](N)CCSC)CC(=O)N[C@@H](C(C)C)C(=O)N[C@@H](C(C)C)C1=O)C(=O)N[C@@H](CC(C)C)C(N)=O. The fourth-order valence-electron chi connectivity index (χ4n) is 6.09. The van der Waals surface area contributed by atoms with Crippen LogP contribution in [0.25, 0.3) is 0 Å². The van der Waals surface area contributed by atoms with Gasteiger partial charge in [0.2, 0.25) is 41.4 Å². The lowest BCUT2D eigenvalue weighted by Gasteiger charge is -2.32. The van der Waals surface area contributed by atoms with Crippen LogP contribution in [0.5, 0.6) is 0 Å². The van der Waals surface area contributed by atoms with Crippen molar-refractivity contribution >= 4 is 59.1 Å². The molecule has 1 saturated heterocycles. The lowest BCUT2D eigenvalue weighted by Crippen LogP contribution is -2.60. The molecule has 0 aromatic rings. The maximum absolute atomic E-state index is 14.3. The quantitative estimate of drug-likeness (QED) is 0.100. The Kier molecular flexibility index (Phi) is 23.2. The largest absolute Gasteiger partial charge is 0.368 e. The molecule has 57 heavy (non-hydrogen) atoms. The minimum Gasteiger partial charge on any atom is -0.368 e. The van der Waals surface area contributed by atoms with Crippen LogP contribution in [0, 0.1) is 23.7 Å². The molecule has 9 amide bonds.